The van der Waals surface area contributed by atoms with Crippen LogP contribution in [0, 0.1) is 17.8 Å². The van der Waals surface area contributed by atoms with E-state index >= 15 is 0 Å². The number of hydrogen-bond acceptors (Lipinski definition) is 1. The summed E-state index contributed by atoms with van der Waals surface area (Å²) in [6, 6.07) is 0. The lowest BCUT2D eigenvalue weighted by molar-refractivity contribution is 0.249. The number of nitrogens with one attached hydrogen (secondary N) is 1. The van der Waals surface area contributed by atoms with Crippen molar-refractivity contribution in [3.05, 3.63) is 0 Å². The Bertz CT molecular complexity index is 161. The minimum absolute atomic E-state index is 0.841. The molecule has 1 saturated carbocycles. The molecule has 2 unspecified atom stereocenters. The van der Waals surface area contributed by atoms with Crippen LogP contribution in [0.4, 0.5) is 0 Å². The first kappa shape index (κ1) is 14.0. The van der Waals surface area contributed by atoms with Crippen molar-refractivity contribution >= 4 is 0 Å². The standard InChI is InChI=1S/C15H31N/c1-4-10-16-12-14(3)13(2)11-15-8-6-5-7-9-15/h13-16H,4-12H2,1-3H3. The third-order valence-corrected chi connectivity index (χ3v) is 4.29. The van der Waals surface area contributed by atoms with Gasteiger partial charge in [-0.2, -0.15) is 0 Å². The van der Waals surface area contributed by atoms with Crippen LogP contribution >= 0.6 is 0 Å². The molecule has 0 amide bonds. The van der Waals surface area contributed by atoms with Gasteiger partial charge in [-0.25, -0.2) is 0 Å². The summed E-state index contributed by atoms with van der Waals surface area (Å²) < 4.78 is 0. The minimum atomic E-state index is 0.841. The van der Waals surface area contributed by atoms with E-state index in [1.165, 1.54) is 58.0 Å². The van der Waals surface area contributed by atoms with Gasteiger partial charge in [0, 0.05) is 0 Å². The molecular weight excluding hydrogens is 194 g/mol. The van der Waals surface area contributed by atoms with E-state index in [0.29, 0.717) is 0 Å². The summed E-state index contributed by atoms with van der Waals surface area (Å²) in [6.07, 6.45) is 10.2. The lowest BCUT2D eigenvalue weighted by Crippen LogP contribution is -2.27. The van der Waals surface area contributed by atoms with Gasteiger partial charge < -0.3 is 5.32 Å². The summed E-state index contributed by atoms with van der Waals surface area (Å²) in [7, 11) is 0. The molecule has 96 valence electrons. The van der Waals surface area contributed by atoms with E-state index in [0.717, 1.165) is 17.8 Å². The molecule has 1 aliphatic rings. The van der Waals surface area contributed by atoms with Crippen LogP contribution in [-0.2, 0) is 0 Å². The fraction of sp³-hybridized carbons (Fsp3) is 1.00. The zero-order chi connectivity index (χ0) is 11.8. The molecule has 16 heavy (non-hydrogen) atoms. The topological polar surface area (TPSA) is 12.0 Å². The molecule has 1 nitrogen and oxygen atoms in total. The Labute approximate surface area is 102 Å². The van der Waals surface area contributed by atoms with Gasteiger partial charge in [0.25, 0.3) is 0 Å². The third-order valence-electron chi connectivity index (χ3n) is 4.29. The summed E-state index contributed by atoms with van der Waals surface area (Å²) >= 11 is 0. The highest BCUT2D eigenvalue weighted by atomic mass is 14.8. The molecule has 0 saturated heterocycles. The summed E-state index contributed by atoms with van der Waals surface area (Å²) in [6.45, 7) is 9.49. The van der Waals surface area contributed by atoms with Gasteiger partial charge in [-0.1, -0.05) is 52.9 Å². The van der Waals surface area contributed by atoms with Crippen molar-refractivity contribution in [3.8, 4) is 0 Å². The first-order chi connectivity index (χ1) is 7.74. The predicted octanol–water partition coefficient (Wildman–Crippen LogP) is 4.23. The Balaban J connectivity index is 2.14. The zero-order valence-electron chi connectivity index (χ0n) is 11.6. The van der Waals surface area contributed by atoms with Crippen LogP contribution in [0.5, 0.6) is 0 Å². The fourth-order valence-corrected chi connectivity index (χ4v) is 2.89. The van der Waals surface area contributed by atoms with Crippen molar-refractivity contribution in [1.82, 2.24) is 5.32 Å². The van der Waals surface area contributed by atoms with Crippen LogP contribution < -0.4 is 5.32 Å². The van der Waals surface area contributed by atoms with Crippen molar-refractivity contribution in [3.63, 3.8) is 0 Å². The van der Waals surface area contributed by atoms with E-state index in [-0.39, 0.29) is 0 Å². The first-order valence-corrected chi connectivity index (χ1v) is 7.44. The van der Waals surface area contributed by atoms with Crippen LogP contribution in [0.25, 0.3) is 0 Å². The zero-order valence-corrected chi connectivity index (χ0v) is 11.6. The summed E-state index contributed by atoms with van der Waals surface area (Å²) in [4.78, 5) is 0. The maximum atomic E-state index is 3.55. The summed E-state index contributed by atoms with van der Waals surface area (Å²) in [5, 5.41) is 3.55. The molecule has 1 N–H and O–H groups in total. The highest BCUT2D eigenvalue weighted by molar-refractivity contribution is 4.72. The lowest BCUT2D eigenvalue weighted by Gasteiger charge is -2.28. The van der Waals surface area contributed by atoms with E-state index in [1.54, 1.807) is 0 Å². The monoisotopic (exact) mass is 225 g/mol. The highest BCUT2D eigenvalue weighted by Gasteiger charge is 2.19. The van der Waals surface area contributed by atoms with E-state index < -0.39 is 0 Å². The SMILES string of the molecule is CCCNCC(C)C(C)CC1CCCCC1. The maximum Gasteiger partial charge on any atom is -0.00206 e. The van der Waals surface area contributed by atoms with Gasteiger partial charge in [-0.3, -0.25) is 0 Å². The predicted molar refractivity (Wildman–Crippen MR) is 72.7 cm³/mol. The van der Waals surface area contributed by atoms with Crippen LogP contribution in [0.3, 0.4) is 0 Å². The molecule has 0 aromatic heterocycles. The minimum Gasteiger partial charge on any atom is -0.316 e. The van der Waals surface area contributed by atoms with Crippen molar-refractivity contribution in [2.75, 3.05) is 13.1 Å². The van der Waals surface area contributed by atoms with Crippen LogP contribution in [0.1, 0.15) is 65.7 Å². The normalized spacial score (nSPS) is 21.9. The number of rotatable bonds is 7. The lowest BCUT2D eigenvalue weighted by atomic mass is 9.79. The Morgan fingerprint density at radius 1 is 1.06 bits per heavy atom. The van der Waals surface area contributed by atoms with Gasteiger partial charge in [-0.05, 0) is 43.7 Å². The smallest absolute Gasteiger partial charge is 0.00206 e. The molecule has 1 heteroatoms. The molecule has 0 spiro atoms. The fourth-order valence-electron chi connectivity index (χ4n) is 2.89. The van der Waals surface area contributed by atoms with E-state index in [2.05, 4.69) is 26.1 Å². The Morgan fingerprint density at radius 2 is 1.75 bits per heavy atom. The van der Waals surface area contributed by atoms with Crippen LogP contribution in [0.2, 0.25) is 0 Å². The molecule has 0 aromatic rings. The second-order valence-corrected chi connectivity index (χ2v) is 5.90. The van der Waals surface area contributed by atoms with Gasteiger partial charge in [0.05, 0.1) is 0 Å². The van der Waals surface area contributed by atoms with Gasteiger partial charge in [0.15, 0.2) is 0 Å². The van der Waals surface area contributed by atoms with Crippen molar-refractivity contribution in [2.24, 2.45) is 17.8 Å². The third kappa shape index (κ3) is 5.34. The molecule has 1 rings (SSSR count). The van der Waals surface area contributed by atoms with E-state index in [4.69, 9.17) is 0 Å². The Morgan fingerprint density at radius 3 is 2.38 bits per heavy atom. The van der Waals surface area contributed by atoms with Gasteiger partial charge in [-0.15, -0.1) is 0 Å². The van der Waals surface area contributed by atoms with E-state index in [9.17, 15) is 0 Å². The van der Waals surface area contributed by atoms with Gasteiger partial charge >= 0.3 is 0 Å². The molecule has 0 aromatic carbocycles. The number of hydrogen-bond donors (Lipinski definition) is 1. The molecule has 0 aliphatic heterocycles. The van der Waals surface area contributed by atoms with Gasteiger partial charge in [0.1, 0.15) is 0 Å². The van der Waals surface area contributed by atoms with Crippen molar-refractivity contribution in [2.45, 2.75) is 65.7 Å². The molecule has 0 radical (unpaired) electrons. The molecule has 2 atom stereocenters. The second kappa shape index (κ2) is 8.11. The van der Waals surface area contributed by atoms with Crippen LogP contribution in [0.15, 0.2) is 0 Å². The van der Waals surface area contributed by atoms with Crippen molar-refractivity contribution in [1.29, 1.82) is 0 Å². The molecule has 0 heterocycles. The summed E-state index contributed by atoms with van der Waals surface area (Å²) in [5.41, 5.74) is 0. The largest absolute Gasteiger partial charge is 0.316 e. The average Bonchev–Trinajstić information content (AvgIpc) is 2.30. The Hall–Kier alpha value is -0.0400. The van der Waals surface area contributed by atoms with Crippen molar-refractivity contribution < 1.29 is 0 Å². The molecule has 0 bridgehead atoms. The van der Waals surface area contributed by atoms with E-state index in [1.807, 2.05) is 0 Å². The Kier molecular flexibility index (Phi) is 7.11. The maximum absolute atomic E-state index is 3.55. The van der Waals surface area contributed by atoms with Gasteiger partial charge in [0.2, 0.25) is 0 Å². The second-order valence-electron chi connectivity index (χ2n) is 5.90. The molecular formula is C15H31N. The first-order valence-electron chi connectivity index (χ1n) is 7.44. The summed E-state index contributed by atoms with van der Waals surface area (Å²) in [5.74, 6) is 2.78. The highest BCUT2D eigenvalue weighted by Crippen LogP contribution is 2.31. The van der Waals surface area contributed by atoms with Crippen LogP contribution in [-0.4, -0.2) is 13.1 Å². The molecule has 1 fully saturated rings. The quantitative estimate of drug-likeness (QED) is 0.639. The average molecular weight is 225 g/mol. The molecule has 1 aliphatic carbocycles.